The van der Waals surface area contributed by atoms with Crippen molar-refractivity contribution in [3.05, 3.63) is 70.3 Å². The van der Waals surface area contributed by atoms with Crippen LogP contribution in [0.3, 0.4) is 0 Å². The van der Waals surface area contributed by atoms with Gasteiger partial charge in [0.15, 0.2) is 0 Å². The predicted molar refractivity (Wildman–Crippen MR) is 180 cm³/mol. The molecule has 2 rings (SSSR count). The van der Waals surface area contributed by atoms with E-state index in [-0.39, 0.29) is 24.7 Å². The van der Waals surface area contributed by atoms with E-state index in [2.05, 4.69) is 6.92 Å². The van der Waals surface area contributed by atoms with E-state index in [1.54, 1.807) is 0 Å². The molecule has 2 aromatic carbocycles. The molecule has 0 fully saturated rings. The quantitative estimate of drug-likeness (QED) is 0.0371. The van der Waals surface area contributed by atoms with E-state index < -0.39 is 18.8 Å². The third kappa shape index (κ3) is 19.1. The van der Waals surface area contributed by atoms with Crippen molar-refractivity contribution in [3.63, 3.8) is 0 Å². The number of nitro groups is 1. The Kier molecular flexibility index (Phi) is 21.5. The van der Waals surface area contributed by atoms with E-state index >= 15 is 0 Å². The van der Waals surface area contributed by atoms with Crippen LogP contribution in [0.25, 0.3) is 0 Å². The first-order chi connectivity index (χ1) is 22.0. The van der Waals surface area contributed by atoms with E-state index in [4.69, 9.17) is 23.0 Å². The molecule has 0 aliphatic heterocycles. The number of unbranched alkanes of at least 4 members (excludes halogenated alkanes) is 15. The summed E-state index contributed by atoms with van der Waals surface area (Å²) in [4.78, 5) is 10.4. The lowest BCUT2D eigenvalue weighted by atomic mass is 10.0. The summed E-state index contributed by atoms with van der Waals surface area (Å²) in [6.45, 7) is 3.42. The van der Waals surface area contributed by atoms with Gasteiger partial charge in [-0.15, -0.1) is 0 Å². The Morgan fingerprint density at radius 1 is 0.733 bits per heavy atom. The molecule has 1 unspecified atom stereocenters. The lowest BCUT2D eigenvalue weighted by Gasteiger charge is -2.22. The Balaban J connectivity index is 1.62. The number of hydrogen-bond acceptors (Lipinski definition) is 8. The molecule has 10 heteroatoms. The Labute approximate surface area is 271 Å². The molecule has 0 spiro atoms. The third-order valence-corrected chi connectivity index (χ3v) is 9.03. The van der Waals surface area contributed by atoms with Crippen molar-refractivity contribution in [2.75, 3.05) is 26.9 Å². The minimum absolute atomic E-state index is 0.0795. The van der Waals surface area contributed by atoms with Crippen molar-refractivity contribution in [1.82, 2.24) is 0 Å². The van der Waals surface area contributed by atoms with Crippen LogP contribution in [0.1, 0.15) is 115 Å². The van der Waals surface area contributed by atoms with Crippen LogP contribution in [0.2, 0.25) is 0 Å². The van der Waals surface area contributed by atoms with Gasteiger partial charge in [-0.2, -0.15) is 0 Å². The number of nitro benzene ring substituents is 1. The zero-order valence-corrected chi connectivity index (χ0v) is 28.5. The maximum atomic E-state index is 13.1. The monoisotopic (exact) mass is 649 g/mol. The minimum Gasteiger partial charge on any atom is -0.404 e. The van der Waals surface area contributed by atoms with E-state index in [1.165, 1.54) is 121 Å². The number of phosphoric ester groups is 1. The van der Waals surface area contributed by atoms with Crippen molar-refractivity contribution >= 4 is 13.5 Å². The number of rotatable bonds is 29. The van der Waals surface area contributed by atoms with Gasteiger partial charge in [0.1, 0.15) is 11.9 Å². The van der Waals surface area contributed by atoms with Gasteiger partial charge < -0.3 is 14.0 Å². The normalized spacial score (nSPS) is 13.4. The van der Waals surface area contributed by atoms with Gasteiger partial charge in [0.2, 0.25) is 0 Å². The number of ether oxygens (including phenoxy) is 2. The fraction of sp³-hybridized carbons (Fsp3) is 0.657. The molecule has 0 saturated carbocycles. The summed E-state index contributed by atoms with van der Waals surface area (Å²) in [7, 11) is -2.77. The maximum absolute atomic E-state index is 13.1. The summed E-state index contributed by atoms with van der Waals surface area (Å²) >= 11 is 0. The summed E-state index contributed by atoms with van der Waals surface area (Å²) in [5, 5.41) is 10.9. The molecule has 0 radical (unpaired) electrons. The lowest BCUT2D eigenvalue weighted by Crippen LogP contribution is -2.26. The summed E-state index contributed by atoms with van der Waals surface area (Å²) < 4.78 is 41.1. The number of hydrogen-bond donors (Lipinski definition) is 0. The van der Waals surface area contributed by atoms with Gasteiger partial charge in [-0.3, -0.25) is 19.2 Å². The Hall–Kier alpha value is -2.29. The van der Waals surface area contributed by atoms with Crippen LogP contribution in [0, 0.1) is 10.1 Å². The van der Waals surface area contributed by atoms with E-state index in [0.29, 0.717) is 13.2 Å². The average molecular weight is 650 g/mol. The second kappa shape index (κ2) is 24.9. The molecule has 0 saturated heterocycles. The largest absolute Gasteiger partial charge is 0.529 e. The van der Waals surface area contributed by atoms with Crippen molar-refractivity contribution in [2.24, 2.45) is 0 Å². The average Bonchev–Trinajstić information content (AvgIpc) is 3.05. The lowest BCUT2D eigenvalue weighted by molar-refractivity contribution is -0.384. The van der Waals surface area contributed by atoms with Gasteiger partial charge in [-0.1, -0.05) is 134 Å². The molecule has 0 aromatic heterocycles. The van der Waals surface area contributed by atoms with Gasteiger partial charge in [0, 0.05) is 25.8 Å². The summed E-state index contributed by atoms with van der Waals surface area (Å²) in [6.07, 6.45) is 20.6. The molecule has 9 nitrogen and oxygen atoms in total. The van der Waals surface area contributed by atoms with Crippen molar-refractivity contribution in [1.29, 1.82) is 0 Å². The van der Waals surface area contributed by atoms with Crippen LogP contribution < -0.4 is 4.52 Å². The fourth-order valence-corrected chi connectivity index (χ4v) is 5.91. The molecule has 0 aliphatic carbocycles. The Bertz CT molecular complexity index is 1050. The predicted octanol–water partition coefficient (Wildman–Crippen LogP) is 10.6. The molecule has 0 aliphatic rings. The molecule has 254 valence electrons. The topological polar surface area (TPSA) is 106 Å². The van der Waals surface area contributed by atoms with Crippen LogP contribution in [-0.4, -0.2) is 38.0 Å². The first-order valence-electron chi connectivity index (χ1n) is 16.9. The Morgan fingerprint density at radius 3 is 1.78 bits per heavy atom. The van der Waals surface area contributed by atoms with Gasteiger partial charge in [-0.25, -0.2) is 4.57 Å². The van der Waals surface area contributed by atoms with E-state index in [1.807, 2.05) is 30.3 Å². The smallest absolute Gasteiger partial charge is 0.404 e. The molecule has 2 atom stereocenters. The first-order valence-corrected chi connectivity index (χ1v) is 18.4. The highest BCUT2D eigenvalue weighted by molar-refractivity contribution is 7.48. The second-order valence-corrected chi connectivity index (χ2v) is 13.3. The van der Waals surface area contributed by atoms with Gasteiger partial charge in [0.05, 0.1) is 24.7 Å². The number of benzene rings is 2. The highest BCUT2D eigenvalue weighted by atomic mass is 31.2. The first kappa shape index (κ1) is 38.9. The zero-order valence-electron chi connectivity index (χ0n) is 27.6. The number of nitrogens with zero attached hydrogens (tertiary/aromatic N) is 1. The van der Waals surface area contributed by atoms with Crippen LogP contribution >= 0.6 is 7.82 Å². The van der Waals surface area contributed by atoms with Crippen LogP contribution in [-0.2, 0) is 29.7 Å². The van der Waals surface area contributed by atoms with Gasteiger partial charge in [0.25, 0.3) is 5.69 Å². The molecule has 2 aromatic rings. The van der Waals surface area contributed by atoms with E-state index in [9.17, 15) is 14.7 Å². The SMILES string of the molecule is CCCCCCCCCCCCCCCCCCOC[C@@H](COP(=O)(OC)Oc1ccc([N+](=O)[O-])cc1)OCc1ccccc1. The fourth-order valence-electron chi connectivity index (χ4n) is 4.95. The Morgan fingerprint density at radius 2 is 1.27 bits per heavy atom. The maximum Gasteiger partial charge on any atom is 0.529 e. The summed E-state index contributed by atoms with van der Waals surface area (Å²) in [6, 6.07) is 15.0. The van der Waals surface area contributed by atoms with Crippen LogP contribution in [0.15, 0.2) is 54.6 Å². The van der Waals surface area contributed by atoms with E-state index in [0.717, 1.165) is 18.4 Å². The molecular formula is C35H56NO8P. The number of phosphoric acid groups is 1. The highest BCUT2D eigenvalue weighted by Crippen LogP contribution is 2.49. The molecule has 0 amide bonds. The van der Waals surface area contributed by atoms with Crippen molar-refractivity contribution in [3.8, 4) is 5.75 Å². The number of non-ortho nitro benzene ring substituents is 1. The standard InChI is InChI=1S/C35H56NO8P/c1-3-4-5-6-7-8-9-10-11-12-13-14-15-16-17-21-28-41-30-35(42-29-32-22-19-18-20-23-32)31-43-45(39,40-2)44-34-26-24-33(25-27-34)36(37)38/h18-20,22-27,35H,3-17,21,28-31H2,1-2H3/t35-,45?/m0/s1. The highest BCUT2D eigenvalue weighted by Gasteiger charge is 2.29. The summed E-state index contributed by atoms with van der Waals surface area (Å²) in [5.74, 6) is 0.132. The minimum atomic E-state index is -3.99. The molecule has 0 bridgehead atoms. The summed E-state index contributed by atoms with van der Waals surface area (Å²) in [5.41, 5.74) is 0.892. The molecule has 0 N–H and O–H groups in total. The molecule has 0 heterocycles. The van der Waals surface area contributed by atoms with Crippen molar-refractivity contribution in [2.45, 2.75) is 122 Å². The second-order valence-electron chi connectivity index (χ2n) is 11.6. The van der Waals surface area contributed by atoms with Gasteiger partial charge >= 0.3 is 7.82 Å². The molecule has 45 heavy (non-hydrogen) atoms. The van der Waals surface area contributed by atoms with Crippen molar-refractivity contribution < 1.29 is 32.5 Å². The zero-order chi connectivity index (χ0) is 32.4. The van der Waals surface area contributed by atoms with Gasteiger partial charge in [-0.05, 0) is 24.1 Å². The third-order valence-electron chi connectivity index (χ3n) is 7.68. The molecular weight excluding hydrogens is 593 g/mol. The van der Waals surface area contributed by atoms with Crippen LogP contribution in [0.5, 0.6) is 5.75 Å². The van der Waals surface area contributed by atoms with Crippen LogP contribution in [0.4, 0.5) is 5.69 Å².